The van der Waals surface area contributed by atoms with E-state index in [1.807, 2.05) is 0 Å². The Kier molecular flexibility index (Phi) is 3.33. The Balaban J connectivity index is 1.99. The molecule has 1 nitrogen and oxygen atoms in total. The molecule has 0 bridgehead atoms. The van der Waals surface area contributed by atoms with Crippen molar-refractivity contribution >= 4 is 5.71 Å². The molecule has 1 aliphatic rings. The van der Waals surface area contributed by atoms with E-state index >= 15 is 0 Å². The first-order chi connectivity index (χ1) is 6.95. The van der Waals surface area contributed by atoms with Crippen LogP contribution in [0.3, 0.4) is 0 Å². The molecule has 0 spiro atoms. The molecule has 74 valence electrons. The predicted octanol–water partition coefficient (Wildman–Crippen LogP) is 3.24. The van der Waals surface area contributed by atoms with E-state index in [1.165, 1.54) is 37.0 Å². The lowest BCUT2D eigenvalue weighted by Gasteiger charge is -2.03. The zero-order valence-electron chi connectivity index (χ0n) is 8.58. The van der Waals surface area contributed by atoms with Gasteiger partial charge in [-0.2, -0.15) is 0 Å². The minimum atomic E-state index is 1.04. The largest absolute Gasteiger partial charge is 0.294 e. The van der Waals surface area contributed by atoms with Gasteiger partial charge in [0.25, 0.3) is 0 Å². The van der Waals surface area contributed by atoms with E-state index in [2.05, 4.69) is 35.3 Å². The summed E-state index contributed by atoms with van der Waals surface area (Å²) in [4.78, 5) is 4.64. The van der Waals surface area contributed by atoms with Crippen LogP contribution in [0.15, 0.2) is 35.3 Å². The molecule has 0 N–H and O–H groups in total. The molecule has 0 saturated heterocycles. The van der Waals surface area contributed by atoms with Gasteiger partial charge >= 0.3 is 0 Å². The highest BCUT2D eigenvalue weighted by Crippen LogP contribution is 2.11. The van der Waals surface area contributed by atoms with Crippen molar-refractivity contribution in [2.75, 3.05) is 6.54 Å². The Morgan fingerprint density at radius 2 is 1.86 bits per heavy atom. The molecule has 2 rings (SSSR count). The first-order valence-electron chi connectivity index (χ1n) is 5.51. The molecule has 0 saturated carbocycles. The lowest BCUT2D eigenvalue weighted by molar-refractivity contribution is 0.730. The fourth-order valence-electron chi connectivity index (χ4n) is 1.91. The zero-order chi connectivity index (χ0) is 9.64. The van der Waals surface area contributed by atoms with E-state index in [0.29, 0.717) is 0 Å². The fourth-order valence-corrected chi connectivity index (χ4v) is 1.91. The van der Waals surface area contributed by atoms with Crippen LogP contribution in [0.5, 0.6) is 0 Å². The maximum absolute atomic E-state index is 4.64. The smallest absolute Gasteiger partial charge is 0.0388 e. The molecule has 0 fully saturated rings. The van der Waals surface area contributed by atoms with Gasteiger partial charge in [0.1, 0.15) is 0 Å². The number of rotatable bonds is 2. The third-order valence-electron chi connectivity index (χ3n) is 2.71. The molecular formula is C13H17N. The molecule has 0 atom stereocenters. The number of aliphatic imine (C=N–C) groups is 1. The fraction of sp³-hybridized carbons (Fsp3) is 0.462. The molecule has 1 heteroatoms. The van der Waals surface area contributed by atoms with E-state index in [1.54, 1.807) is 0 Å². The second kappa shape index (κ2) is 4.94. The topological polar surface area (TPSA) is 12.4 Å². The molecule has 14 heavy (non-hydrogen) atoms. The second-order valence-electron chi connectivity index (χ2n) is 3.92. The summed E-state index contributed by atoms with van der Waals surface area (Å²) in [6.07, 6.45) is 6.21. The summed E-state index contributed by atoms with van der Waals surface area (Å²) in [7, 11) is 0. The first-order valence-corrected chi connectivity index (χ1v) is 5.51. The maximum atomic E-state index is 4.64. The van der Waals surface area contributed by atoms with Crippen LogP contribution in [-0.4, -0.2) is 12.3 Å². The number of hydrogen-bond donors (Lipinski definition) is 0. The van der Waals surface area contributed by atoms with Gasteiger partial charge in [-0.25, -0.2) is 0 Å². The number of benzene rings is 1. The van der Waals surface area contributed by atoms with Gasteiger partial charge < -0.3 is 0 Å². The molecule has 1 aromatic carbocycles. The van der Waals surface area contributed by atoms with Crippen molar-refractivity contribution in [2.45, 2.75) is 32.1 Å². The lowest BCUT2D eigenvalue weighted by Crippen LogP contribution is -2.02. The Morgan fingerprint density at radius 3 is 2.71 bits per heavy atom. The molecular weight excluding hydrogens is 170 g/mol. The van der Waals surface area contributed by atoms with Crippen LogP contribution in [0.1, 0.15) is 31.2 Å². The maximum Gasteiger partial charge on any atom is 0.0388 e. The van der Waals surface area contributed by atoms with Gasteiger partial charge in [0.05, 0.1) is 0 Å². The predicted molar refractivity (Wildman–Crippen MR) is 60.9 cm³/mol. The summed E-state index contributed by atoms with van der Waals surface area (Å²) < 4.78 is 0. The monoisotopic (exact) mass is 187 g/mol. The van der Waals surface area contributed by atoms with E-state index in [9.17, 15) is 0 Å². The van der Waals surface area contributed by atoms with E-state index in [4.69, 9.17) is 0 Å². The van der Waals surface area contributed by atoms with Crippen molar-refractivity contribution in [2.24, 2.45) is 4.99 Å². The highest BCUT2D eigenvalue weighted by atomic mass is 14.7. The Bertz CT molecular complexity index is 300. The molecule has 0 radical (unpaired) electrons. The standard InChI is InChI=1S/C13H17N/c1-3-7-12(8-4-1)11-13-9-5-2-6-10-14-13/h1,3-4,7-8H,2,5-6,9-11H2. The average Bonchev–Trinajstić information content (AvgIpc) is 2.48. The minimum absolute atomic E-state index is 1.04. The molecule has 1 aromatic rings. The average molecular weight is 187 g/mol. The van der Waals surface area contributed by atoms with Gasteiger partial charge in [-0.05, 0) is 24.8 Å². The van der Waals surface area contributed by atoms with Gasteiger partial charge in [-0.15, -0.1) is 0 Å². The quantitative estimate of drug-likeness (QED) is 0.674. The normalized spacial score (nSPS) is 17.3. The first kappa shape index (κ1) is 9.45. The summed E-state index contributed by atoms with van der Waals surface area (Å²) in [6, 6.07) is 10.7. The van der Waals surface area contributed by atoms with Crippen LogP contribution in [0, 0.1) is 0 Å². The lowest BCUT2D eigenvalue weighted by atomic mass is 10.0. The van der Waals surface area contributed by atoms with Crippen LogP contribution in [0.25, 0.3) is 0 Å². The highest BCUT2D eigenvalue weighted by molar-refractivity contribution is 5.86. The summed E-state index contributed by atoms with van der Waals surface area (Å²) in [5.74, 6) is 0. The molecule has 1 aliphatic heterocycles. The van der Waals surface area contributed by atoms with E-state index in [0.717, 1.165) is 13.0 Å². The molecule has 0 aliphatic carbocycles. The highest BCUT2D eigenvalue weighted by Gasteiger charge is 2.04. The summed E-state index contributed by atoms with van der Waals surface area (Å²) in [6.45, 7) is 1.04. The summed E-state index contributed by atoms with van der Waals surface area (Å²) >= 11 is 0. The zero-order valence-corrected chi connectivity index (χ0v) is 8.58. The number of nitrogens with zero attached hydrogens (tertiary/aromatic N) is 1. The van der Waals surface area contributed by atoms with Crippen molar-refractivity contribution in [1.82, 2.24) is 0 Å². The second-order valence-corrected chi connectivity index (χ2v) is 3.92. The summed E-state index contributed by atoms with van der Waals surface area (Å²) in [5, 5.41) is 0. The van der Waals surface area contributed by atoms with Gasteiger partial charge in [-0.1, -0.05) is 36.8 Å². The van der Waals surface area contributed by atoms with Crippen LogP contribution in [-0.2, 0) is 6.42 Å². The molecule has 0 unspecified atom stereocenters. The van der Waals surface area contributed by atoms with Crippen LogP contribution in [0.2, 0.25) is 0 Å². The van der Waals surface area contributed by atoms with Crippen molar-refractivity contribution in [3.05, 3.63) is 35.9 Å². The summed E-state index contributed by atoms with van der Waals surface area (Å²) in [5.41, 5.74) is 2.79. The van der Waals surface area contributed by atoms with Crippen LogP contribution >= 0.6 is 0 Å². The Labute approximate surface area is 85.9 Å². The number of hydrogen-bond acceptors (Lipinski definition) is 1. The van der Waals surface area contributed by atoms with Crippen LogP contribution in [0.4, 0.5) is 0 Å². The van der Waals surface area contributed by atoms with Crippen molar-refractivity contribution in [1.29, 1.82) is 0 Å². The van der Waals surface area contributed by atoms with Crippen molar-refractivity contribution < 1.29 is 0 Å². The molecule has 1 heterocycles. The van der Waals surface area contributed by atoms with E-state index < -0.39 is 0 Å². The van der Waals surface area contributed by atoms with E-state index in [-0.39, 0.29) is 0 Å². The minimum Gasteiger partial charge on any atom is -0.294 e. The van der Waals surface area contributed by atoms with Crippen molar-refractivity contribution in [3.63, 3.8) is 0 Å². The third kappa shape index (κ3) is 2.69. The van der Waals surface area contributed by atoms with Gasteiger partial charge in [0.15, 0.2) is 0 Å². The van der Waals surface area contributed by atoms with Gasteiger partial charge in [0.2, 0.25) is 0 Å². The third-order valence-corrected chi connectivity index (χ3v) is 2.71. The molecule has 0 amide bonds. The molecule has 0 aromatic heterocycles. The Morgan fingerprint density at radius 1 is 1.00 bits per heavy atom. The SMILES string of the molecule is c1ccc(CC2=NCCCCC2)cc1. The van der Waals surface area contributed by atoms with Crippen LogP contribution < -0.4 is 0 Å². The Hall–Kier alpha value is -1.11. The van der Waals surface area contributed by atoms with Gasteiger partial charge in [0, 0.05) is 18.7 Å². The van der Waals surface area contributed by atoms with Gasteiger partial charge in [-0.3, -0.25) is 4.99 Å². The van der Waals surface area contributed by atoms with Crippen molar-refractivity contribution in [3.8, 4) is 0 Å².